The first-order valence-corrected chi connectivity index (χ1v) is 9.55. The van der Waals surface area contributed by atoms with Crippen LogP contribution in [-0.4, -0.2) is 23.0 Å². The molecular formula is C22H14ClF6NO3. The number of nitrogens with two attached hydrogens (primary N) is 1. The number of ketones is 1. The normalized spacial score (nSPS) is 14.2. The average Bonchev–Trinajstić information content (AvgIpc) is 2.70. The molecule has 3 rings (SSSR count). The van der Waals surface area contributed by atoms with Gasteiger partial charge in [-0.25, -0.2) is 0 Å². The molecule has 0 aliphatic rings. The summed E-state index contributed by atoms with van der Waals surface area (Å²) in [4.78, 5) is 24.5. The molecule has 1 amide bonds. The molecule has 0 saturated heterocycles. The molecule has 0 aliphatic carbocycles. The summed E-state index contributed by atoms with van der Waals surface area (Å²) in [6.07, 6.45) is -12.2. The monoisotopic (exact) mass is 489 g/mol. The van der Waals surface area contributed by atoms with Crippen molar-refractivity contribution in [3.05, 3.63) is 81.9 Å². The van der Waals surface area contributed by atoms with E-state index >= 15 is 0 Å². The predicted molar refractivity (Wildman–Crippen MR) is 108 cm³/mol. The summed E-state index contributed by atoms with van der Waals surface area (Å²) in [5, 5.41) is 10.1. The van der Waals surface area contributed by atoms with E-state index in [2.05, 4.69) is 0 Å². The quantitative estimate of drug-likeness (QED) is 0.360. The molecule has 0 fully saturated rings. The van der Waals surface area contributed by atoms with Crippen molar-refractivity contribution >= 4 is 34.1 Å². The number of hydrogen-bond acceptors (Lipinski definition) is 3. The fraction of sp³-hybridized carbons (Fsp3) is 0.182. The first kappa shape index (κ1) is 24.5. The summed E-state index contributed by atoms with van der Waals surface area (Å²) < 4.78 is 81.1. The van der Waals surface area contributed by atoms with Gasteiger partial charge in [-0.3, -0.25) is 9.59 Å². The van der Waals surface area contributed by atoms with Crippen LogP contribution >= 0.6 is 11.6 Å². The molecule has 0 saturated carbocycles. The summed E-state index contributed by atoms with van der Waals surface area (Å²) in [5.74, 6) is -2.06. The Morgan fingerprint density at radius 3 is 1.88 bits per heavy atom. The van der Waals surface area contributed by atoms with Gasteiger partial charge in [0.25, 0.3) is 0 Å². The zero-order valence-electron chi connectivity index (χ0n) is 16.4. The zero-order valence-corrected chi connectivity index (χ0v) is 17.1. The van der Waals surface area contributed by atoms with E-state index in [1.54, 1.807) is 0 Å². The summed E-state index contributed by atoms with van der Waals surface area (Å²) in [6, 6.07) is 9.00. The highest BCUT2D eigenvalue weighted by atomic mass is 35.5. The lowest BCUT2D eigenvalue weighted by molar-refractivity contribution is -0.265. The molecular weight excluding hydrogens is 476 g/mol. The van der Waals surface area contributed by atoms with E-state index in [-0.39, 0.29) is 28.0 Å². The Hall–Kier alpha value is -3.11. The average molecular weight is 490 g/mol. The van der Waals surface area contributed by atoms with Crippen LogP contribution in [-0.2, 0) is 11.8 Å². The smallest absolute Gasteiger partial charge is 0.376 e. The molecule has 0 heterocycles. The number of hydrogen-bond donors (Lipinski definition) is 2. The Morgan fingerprint density at radius 2 is 1.36 bits per heavy atom. The number of Topliss-reactive ketones (excluding diaryl/α,β-unsaturated/α-hetero) is 1. The van der Waals surface area contributed by atoms with E-state index < -0.39 is 52.2 Å². The largest absolute Gasteiger partial charge is 0.421 e. The van der Waals surface area contributed by atoms with Crippen LogP contribution in [0.5, 0.6) is 0 Å². The number of alkyl halides is 6. The number of rotatable bonds is 5. The third-order valence-corrected chi connectivity index (χ3v) is 5.30. The van der Waals surface area contributed by atoms with Crippen molar-refractivity contribution in [2.75, 3.05) is 0 Å². The number of benzene rings is 3. The maximum atomic E-state index is 13.9. The first-order chi connectivity index (χ1) is 15.1. The number of aliphatic hydroxyl groups is 1. The minimum Gasteiger partial charge on any atom is -0.376 e. The Morgan fingerprint density at radius 1 is 0.848 bits per heavy atom. The lowest BCUT2D eigenvalue weighted by Crippen LogP contribution is -2.44. The van der Waals surface area contributed by atoms with Crippen LogP contribution in [0.4, 0.5) is 26.3 Å². The Bertz CT molecular complexity index is 1260. The van der Waals surface area contributed by atoms with Crippen molar-refractivity contribution in [3.63, 3.8) is 0 Å². The van der Waals surface area contributed by atoms with Gasteiger partial charge >= 0.3 is 12.4 Å². The minimum atomic E-state index is -5.53. The highest BCUT2D eigenvalue weighted by Crippen LogP contribution is 2.45. The van der Waals surface area contributed by atoms with Crippen molar-refractivity contribution in [2.45, 2.75) is 24.4 Å². The van der Waals surface area contributed by atoms with E-state index in [0.29, 0.717) is 12.1 Å². The van der Waals surface area contributed by atoms with Crippen LogP contribution in [0.25, 0.3) is 10.8 Å². The van der Waals surface area contributed by atoms with Gasteiger partial charge in [0.15, 0.2) is 11.4 Å². The third-order valence-electron chi connectivity index (χ3n) is 5.08. The van der Waals surface area contributed by atoms with Gasteiger partial charge in [0.2, 0.25) is 5.91 Å². The van der Waals surface area contributed by atoms with Crippen LogP contribution in [0.3, 0.4) is 0 Å². The molecule has 0 aliphatic heterocycles. The van der Waals surface area contributed by atoms with Gasteiger partial charge in [-0.2, -0.15) is 26.3 Å². The summed E-state index contributed by atoms with van der Waals surface area (Å²) in [5.41, 5.74) is -1.71. The summed E-state index contributed by atoms with van der Waals surface area (Å²) >= 11 is 5.58. The second-order valence-corrected chi connectivity index (χ2v) is 7.69. The number of carbonyl (C=O) groups excluding carboxylic acids is 2. The van der Waals surface area contributed by atoms with Crippen LogP contribution in [0.15, 0.2) is 54.6 Å². The standard InChI is InChI=1S/C22H14ClF6NO3/c23-13-8-11(7-12(9-13)21(24,25)26)20(33,22(27,28)29)10-18(31)16-5-6-17(19(30)32)15-4-2-1-3-14(15)16/h1-9,33H,10H2,(H2,30,32). The molecule has 11 heteroatoms. The van der Waals surface area contributed by atoms with Gasteiger partial charge in [-0.15, -0.1) is 0 Å². The molecule has 33 heavy (non-hydrogen) atoms. The molecule has 174 valence electrons. The van der Waals surface area contributed by atoms with Crippen LogP contribution in [0, 0.1) is 0 Å². The SMILES string of the molecule is NC(=O)c1ccc(C(=O)CC(O)(c2cc(Cl)cc(C(F)(F)F)c2)C(F)(F)F)c2ccccc12. The van der Waals surface area contributed by atoms with Crippen LogP contribution in [0.1, 0.15) is 38.3 Å². The number of halogens is 7. The zero-order chi connectivity index (χ0) is 24.8. The molecule has 3 N–H and O–H groups in total. The van der Waals surface area contributed by atoms with Crippen molar-refractivity contribution in [3.8, 4) is 0 Å². The van der Waals surface area contributed by atoms with E-state index in [4.69, 9.17) is 17.3 Å². The van der Waals surface area contributed by atoms with E-state index in [1.165, 1.54) is 24.3 Å². The van der Waals surface area contributed by atoms with Gasteiger partial charge in [-0.1, -0.05) is 35.9 Å². The second kappa shape index (κ2) is 8.35. The summed E-state index contributed by atoms with van der Waals surface area (Å²) in [7, 11) is 0. The summed E-state index contributed by atoms with van der Waals surface area (Å²) in [6.45, 7) is 0. The Balaban J connectivity index is 2.15. The number of carbonyl (C=O) groups is 2. The first-order valence-electron chi connectivity index (χ1n) is 9.17. The molecule has 0 bridgehead atoms. The van der Waals surface area contributed by atoms with E-state index in [9.17, 15) is 41.0 Å². The maximum absolute atomic E-state index is 13.9. The highest BCUT2D eigenvalue weighted by molar-refractivity contribution is 6.30. The minimum absolute atomic E-state index is 0.0119. The maximum Gasteiger partial charge on any atom is 0.421 e. The lowest BCUT2D eigenvalue weighted by Gasteiger charge is -2.31. The van der Waals surface area contributed by atoms with Crippen molar-refractivity contribution in [1.29, 1.82) is 0 Å². The highest BCUT2D eigenvalue weighted by Gasteiger charge is 2.56. The Labute approximate surface area is 187 Å². The topological polar surface area (TPSA) is 80.4 Å². The lowest BCUT2D eigenvalue weighted by atomic mass is 9.84. The fourth-order valence-corrected chi connectivity index (χ4v) is 3.68. The van der Waals surface area contributed by atoms with Crippen molar-refractivity contribution in [2.24, 2.45) is 5.73 Å². The number of amides is 1. The van der Waals surface area contributed by atoms with Gasteiger partial charge in [0.05, 0.1) is 12.0 Å². The molecule has 0 aromatic heterocycles. The molecule has 1 atom stereocenters. The second-order valence-electron chi connectivity index (χ2n) is 7.25. The molecule has 0 spiro atoms. The molecule has 0 radical (unpaired) electrons. The van der Waals surface area contributed by atoms with Crippen molar-refractivity contribution < 1.29 is 41.0 Å². The third kappa shape index (κ3) is 4.67. The van der Waals surface area contributed by atoms with E-state index in [0.717, 1.165) is 12.1 Å². The van der Waals surface area contributed by atoms with Gasteiger partial charge in [0.1, 0.15) is 0 Å². The molecule has 3 aromatic carbocycles. The predicted octanol–water partition coefficient (Wildman–Crippen LogP) is 5.63. The molecule has 4 nitrogen and oxygen atoms in total. The van der Waals surface area contributed by atoms with Gasteiger partial charge in [0, 0.05) is 16.1 Å². The fourth-order valence-electron chi connectivity index (χ4n) is 3.44. The molecule has 1 unspecified atom stereocenters. The number of primary amides is 1. The number of fused-ring (bicyclic) bond motifs is 1. The van der Waals surface area contributed by atoms with Gasteiger partial charge < -0.3 is 10.8 Å². The van der Waals surface area contributed by atoms with E-state index in [1.807, 2.05) is 0 Å². The van der Waals surface area contributed by atoms with Gasteiger partial charge in [-0.05, 0) is 46.7 Å². The van der Waals surface area contributed by atoms with Crippen LogP contribution in [0.2, 0.25) is 5.02 Å². The van der Waals surface area contributed by atoms with Crippen molar-refractivity contribution in [1.82, 2.24) is 0 Å². The van der Waals surface area contributed by atoms with Crippen LogP contribution < -0.4 is 5.73 Å². The molecule has 3 aromatic rings. The Kier molecular flexibility index (Phi) is 6.20.